The molecule has 4 nitrogen and oxygen atoms in total. The van der Waals surface area contributed by atoms with Crippen LogP contribution in [0.2, 0.25) is 0 Å². The molecule has 0 saturated heterocycles. The van der Waals surface area contributed by atoms with Crippen LogP contribution in [0.3, 0.4) is 0 Å². The van der Waals surface area contributed by atoms with Crippen molar-refractivity contribution in [1.82, 2.24) is 0 Å². The van der Waals surface area contributed by atoms with Crippen molar-refractivity contribution in [3.8, 4) is 0 Å². The fourth-order valence-corrected chi connectivity index (χ4v) is 1.68. The Balaban J connectivity index is 3.17. The molecule has 0 aliphatic heterocycles. The van der Waals surface area contributed by atoms with Crippen molar-refractivity contribution >= 4 is 22.6 Å². The molecule has 0 N–H and O–H groups in total. The van der Waals surface area contributed by atoms with Gasteiger partial charge in [-0.25, -0.2) is 0 Å². The van der Waals surface area contributed by atoms with Gasteiger partial charge in [0.15, 0.2) is 4.11 Å². The molecule has 0 saturated carbocycles. The molecule has 0 amide bonds. The second-order valence-electron chi connectivity index (χ2n) is 2.94. The summed E-state index contributed by atoms with van der Waals surface area (Å²) in [6, 6.07) is 0. The lowest BCUT2D eigenvalue weighted by Crippen LogP contribution is -2.09. The Morgan fingerprint density at radius 1 is 1.38 bits per heavy atom. The lowest BCUT2D eigenvalue weighted by atomic mass is 10.1. The summed E-state index contributed by atoms with van der Waals surface area (Å²) >= 11 is 1.95. The molecule has 78 valence electrons. The Bertz CT molecular complexity index is 143. The largest absolute Gasteiger partial charge is 0.300 e. The summed E-state index contributed by atoms with van der Waals surface area (Å²) < 4.78 is -0.283. The van der Waals surface area contributed by atoms with E-state index in [0.717, 1.165) is 19.3 Å². The summed E-state index contributed by atoms with van der Waals surface area (Å²) in [5.41, 5.74) is 0. The molecular formula is C8H16INO3. The van der Waals surface area contributed by atoms with Crippen molar-refractivity contribution in [1.29, 1.82) is 0 Å². The summed E-state index contributed by atoms with van der Waals surface area (Å²) in [5, 5.41) is 9.20. The van der Waals surface area contributed by atoms with Crippen LogP contribution >= 0.6 is 22.6 Å². The average molecular weight is 301 g/mol. The van der Waals surface area contributed by atoms with Crippen LogP contribution in [-0.2, 0) is 4.84 Å². The van der Waals surface area contributed by atoms with Gasteiger partial charge in [-0.2, -0.15) is 0 Å². The van der Waals surface area contributed by atoms with E-state index in [1.807, 2.05) is 22.6 Å². The van der Waals surface area contributed by atoms with Gasteiger partial charge in [0.2, 0.25) is 0 Å². The van der Waals surface area contributed by atoms with Gasteiger partial charge < -0.3 is 4.84 Å². The number of rotatable bonds is 8. The maximum atomic E-state index is 9.92. The van der Waals surface area contributed by atoms with E-state index in [2.05, 4.69) is 11.8 Å². The quantitative estimate of drug-likeness (QED) is 0.227. The number of halogens is 1. The summed E-state index contributed by atoms with van der Waals surface area (Å²) in [6.45, 7) is 2.16. The SMILES string of the molecule is CCCCCCCC(I)O[N+](=O)[O-]. The van der Waals surface area contributed by atoms with Gasteiger partial charge in [0.05, 0.1) is 0 Å². The molecule has 5 heteroatoms. The van der Waals surface area contributed by atoms with Crippen molar-refractivity contribution in [3.63, 3.8) is 0 Å². The van der Waals surface area contributed by atoms with Gasteiger partial charge in [0, 0.05) is 0 Å². The molecule has 13 heavy (non-hydrogen) atoms. The molecule has 0 aromatic rings. The Morgan fingerprint density at radius 3 is 2.54 bits per heavy atom. The van der Waals surface area contributed by atoms with Gasteiger partial charge in [0.1, 0.15) is 0 Å². The predicted molar refractivity (Wildman–Crippen MR) is 59.3 cm³/mol. The van der Waals surface area contributed by atoms with E-state index in [4.69, 9.17) is 0 Å². The minimum Gasteiger partial charge on any atom is -0.300 e. The number of unbranched alkanes of at least 4 members (excludes halogenated alkanes) is 4. The second kappa shape index (κ2) is 8.52. The zero-order valence-corrected chi connectivity index (χ0v) is 10.0. The molecule has 1 unspecified atom stereocenters. The van der Waals surface area contributed by atoms with Gasteiger partial charge >= 0.3 is 0 Å². The lowest BCUT2D eigenvalue weighted by Gasteiger charge is -2.06. The van der Waals surface area contributed by atoms with Gasteiger partial charge in [-0.3, -0.25) is 0 Å². The summed E-state index contributed by atoms with van der Waals surface area (Å²) in [7, 11) is 0. The fraction of sp³-hybridized carbons (Fsp3) is 1.00. The molecule has 0 aliphatic rings. The Labute approximate surface area is 92.3 Å². The highest BCUT2D eigenvalue weighted by Gasteiger charge is 2.07. The van der Waals surface area contributed by atoms with Crippen LogP contribution in [0, 0.1) is 10.1 Å². The van der Waals surface area contributed by atoms with E-state index in [9.17, 15) is 10.1 Å². The van der Waals surface area contributed by atoms with Gasteiger partial charge in [0.25, 0.3) is 5.09 Å². The number of nitrogens with zero attached hydrogens (tertiary/aromatic N) is 1. The number of hydrogen-bond donors (Lipinski definition) is 0. The minimum atomic E-state index is -0.719. The number of alkyl halides is 1. The molecule has 0 aromatic heterocycles. The Morgan fingerprint density at radius 2 is 2.00 bits per heavy atom. The number of hydrogen-bond acceptors (Lipinski definition) is 3. The standard InChI is InChI=1S/C8H16INO3/c1-2-3-4-5-6-7-8(9)13-10(11)12/h8H,2-7H2,1H3. The highest BCUT2D eigenvalue weighted by atomic mass is 127. The summed E-state index contributed by atoms with van der Waals surface area (Å²) in [5.74, 6) is 0. The molecule has 0 spiro atoms. The summed E-state index contributed by atoms with van der Waals surface area (Å²) in [6.07, 6.45) is 6.63. The maximum Gasteiger partial charge on any atom is 0.295 e. The van der Waals surface area contributed by atoms with Gasteiger partial charge in [-0.1, -0.05) is 61.6 Å². The van der Waals surface area contributed by atoms with E-state index in [-0.39, 0.29) is 4.11 Å². The fourth-order valence-electron chi connectivity index (χ4n) is 1.05. The van der Waals surface area contributed by atoms with Gasteiger partial charge in [-0.15, -0.1) is 10.1 Å². The first-order valence-electron chi connectivity index (χ1n) is 4.62. The summed E-state index contributed by atoms with van der Waals surface area (Å²) in [4.78, 5) is 14.3. The zero-order valence-electron chi connectivity index (χ0n) is 7.87. The molecule has 0 heterocycles. The zero-order chi connectivity index (χ0) is 10.1. The van der Waals surface area contributed by atoms with Crippen LogP contribution in [0.1, 0.15) is 45.4 Å². The van der Waals surface area contributed by atoms with Crippen molar-refractivity contribution in [2.45, 2.75) is 49.6 Å². The third-order valence-corrected chi connectivity index (χ3v) is 2.59. The van der Waals surface area contributed by atoms with Crippen LogP contribution in [0.25, 0.3) is 0 Å². The molecule has 0 fully saturated rings. The topological polar surface area (TPSA) is 52.4 Å². The van der Waals surface area contributed by atoms with Crippen molar-refractivity contribution in [2.75, 3.05) is 0 Å². The average Bonchev–Trinajstić information content (AvgIpc) is 2.02. The van der Waals surface area contributed by atoms with Crippen molar-refractivity contribution < 1.29 is 9.92 Å². The van der Waals surface area contributed by atoms with E-state index in [0.29, 0.717) is 0 Å². The van der Waals surface area contributed by atoms with Gasteiger partial charge in [-0.05, 0) is 6.42 Å². The molecular weight excluding hydrogens is 285 g/mol. The smallest absolute Gasteiger partial charge is 0.295 e. The molecule has 0 bridgehead atoms. The minimum absolute atomic E-state index is 0.283. The lowest BCUT2D eigenvalue weighted by molar-refractivity contribution is -0.760. The third-order valence-electron chi connectivity index (χ3n) is 1.74. The molecule has 0 aliphatic carbocycles. The van der Waals surface area contributed by atoms with E-state index >= 15 is 0 Å². The first-order chi connectivity index (χ1) is 6.16. The van der Waals surface area contributed by atoms with Crippen molar-refractivity contribution in [3.05, 3.63) is 10.1 Å². The second-order valence-corrected chi connectivity index (χ2v) is 4.33. The molecule has 1 atom stereocenters. The van der Waals surface area contributed by atoms with Crippen molar-refractivity contribution in [2.24, 2.45) is 0 Å². The maximum absolute atomic E-state index is 9.92. The molecule has 0 radical (unpaired) electrons. The molecule has 0 aromatic carbocycles. The Kier molecular flexibility index (Phi) is 8.48. The predicted octanol–water partition coefficient (Wildman–Crippen LogP) is 3.32. The third kappa shape index (κ3) is 9.85. The highest BCUT2D eigenvalue weighted by Crippen LogP contribution is 2.14. The van der Waals surface area contributed by atoms with Crippen LogP contribution in [-0.4, -0.2) is 9.20 Å². The first-order valence-corrected chi connectivity index (χ1v) is 5.86. The van der Waals surface area contributed by atoms with Crippen LogP contribution in [0.15, 0.2) is 0 Å². The Hall–Kier alpha value is -0.0700. The van der Waals surface area contributed by atoms with E-state index in [1.54, 1.807) is 0 Å². The highest BCUT2D eigenvalue weighted by molar-refractivity contribution is 14.1. The monoisotopic (exact) mass is 301 g/mol. The van der Waals surface area contributed by atoms with Crippen LogP contribution in [0.4, 0.5) is 0 Å². The van der Waals surface area contributed by atoms with Crippen LogP contribution in [0.5, 0.6) is 0 Å². The van der Waals surface area contributed by atoms with E-state index in [1.165, 1.54) is 19.3 Å². The normalized spacial score (nSPS) is 12.5. The van der Waals surface area contributed by atoms with Crippen LogP contribution < -0.4 is 0 Å². The molecule has 0 rings (SSSR count). The first kappa shape index (κ1) is 12.9. The van der Waals surface area contributed by atoms with E-state index < -0.39 is 5.09 Å².